The second-order valence-corrected chi connectivity index (χ2v) is 10.0. The van der Waals surface area contributed by atoms with Crippen LogP contribution in [0.1, 0.15) is 10.6 Å². The molecule has 0 radical (unpaired) electrons. The first kappa shape index (κ1) is 22.7. The topological polar surface area (TPSA) is 67.2 Å². The lowest BCUT2D eigenvalue weighted by Crippen LogP contribution is -2.34. The molecule has 0 fully saturated rings. The largest absolute Gasteiger partial charge is 0.451 e. The second kappa shape index (κ2) is 9.68. The number of thiocarbonyl (C=S) groups is 1. The Balaban J connectivity index is 1.33. The highest BCUT2D eigenvalue weighted by atomic mass is 79.9. The molecule has 34 heavy (non-hydrogen) atoms. The predicted octanol–water partition coefficient (Wildman–Crippen LogP) is 7.77. The van der Waals surface area contributed by atoms with Gasteiger partial charge in [-0.05, 0) is 78.9 Å². The van der Waals surface area contributed by atoms with E-state index in [2.05, 4.69) is 26.6 Å². The third kappa shape index (κ3) is 4.90. The van der Waals surface area contributed by atoms with E-state index in [0.717, 1.165) is 36.5 Å². The van der Waals surface area contributed by atoms with Gasteiger partial charge in [0.25, 0.3) is 5.91 Å². The predicted molar refractivity (Wildman–Crippen MR) is 146 cm³/mol. The highest BCUT2D eigenvalue weighted by molar-refractivity contribution is 9.10. The zero-order chi connectivity index (χ0) is 23.7. The molecule has 0 saturated carbocycles. The maximum atomic E-state index is 12.7. The summed E-state index contributed by atoms with van der Waals surface area (Å²) in [4.78, 5) is 17.4. The van der Waals surface area contributed by atoms with Gasteiger partial charge in [-0.2, -0.15) is 0 Å². The molecule has 0 spiro atoms. The lowest BCUT2D eigenvalue weighted by molar-refractivity contribution is 0.0951. The molecule has 0 aliphatic rings. The molecule has 2 N–H and O–H groups in total. The van der Waals surface area contributed by atoms with Gasteiger partial charge in [-0.1, -0.05) is 39.7 Å². The van der Waals surface area contributed by atoms with Crippen molar-refractivity contribution < 1.29 is 9.21 Å². The van der Waals surface area contributed by atoms with Crippen LogP contribution in [0.3, 0.4) is 0 Å². The number of hydrogen-bond acceptors (Lipinski definition) is 5. The minimum Gasteiger partial charge on any atom is -0.451 e. The van der Waals surface area contributed by atoms with Gasteiger partial charge in [-0.25, -0.2) is 4.98 Å². The number of fused-ring (bicyclic) bond motifs is 1. The molecule has 5 rings (SSSR count). The highest BCUT2D eigenvalue weighted by Crippen LogP contribution is 2.36. The van der Waals surface area contributed by atoms with E-state index in [0.29, 0.717) is 10.8 Å². The maximum absolute atomic E-state index is 12.7. The van der Waals surface area contributed by atoms with Crippen LogP contribution in [0, 0.1) is 0 Å². The standard InChI is InChI=1S/C25H15BrClN3O2S2/c26-15-7-10-18(17(13-15)24-28-19-3-1-2-4-22(19)34-24)29-25(33)30-23(31)21-12-11-20(32-21)14-5-8-16(27)9-6-14/h1-13H,(H2,29,30,31,33). The average molecular weight is 569 g/mol. The van der Waals surface area contributed by atoms with Crippen molar-refractivity contribution in [3.05, 3.63) is 94.1 Å². The molecular formula is C25H15BrClN3O2S2. The van der Waals surface area contributed by atoms with Crippen LogP contribution in [0.25, 0.3) is 32.1 Å². The Hall–Kier alpha value is -3.04. The number of carbonyl (C=O) groups excluding carboxylic acids is 1. The lowest BCUT2D eigenvalue weighted by Gasteiger charge is -2.12. The molecule has 9 heteroatoms. The van der Waals surface area contributed by atoms with Gasteiger partial charge in [0.2, 0.25) is 0 Å². The molecule has 0 atom stereocenters. The van der Waals surface area contributed by atoms with Crippen LogP contribution < -0.4 is 10.6 Å². The molecule has 0 saturated heterocycles. The van der Waals surface area contributed by atoms with Crippen molar-refractivity contribution in [1.82, 2.24) is 10.3 Å². The van der Waals surface area contributed by atoms with Crippen molar-refractivity contribution in [2.24, 2.45) is 0 Å². The zero-order valence-corrected chi connectivity index (χ0v) is 21.3. The van der Waals surface area contributed by atoms with Crippen molar-refractivity contribution in [2.75, 3.05) is 5.32 Å². The molecule has 0 bridgehead atoms. The summed E-state index contributed by atoms with van der Waals surface area (Å²) < 4.78 is 7.71. The van der Waals surface area contributed by atoms with Gasteiger partial charge in [-0.3, -0.25) is 10.1 Å². The Morgan fingerprint density at radius 3 is 2.62 bits per heavy atom. The number of thiazole rings is 1. The zero-order valence-electron chi connectivity index (χ0n) is 17.3. The Kier molecular flexibility index (Phi) is 6.47. The van der Waals surface area contributed by atoms with Gasteiger partial charge >= 0.3 is 0 Å². The summed E-state index contributed by atoms with van der Waals surface area (Å²) >= 11 is 16.5. The summed E-state index contributed by atoms with van der Waals surface area (Å²) in [6.45, 7) is 0. The average Bonchev–Trinajstić information content (AvgIpc) is 3.48. The van der Waals surface area contributed by atoms with Crippen molar-refractivity contribution in [1.29, 1.82) is 0 Å². The summed E-state index contributed by atoms with van der Waals surface area (Å²) in [5.41, 5.74) is 3.35. The minimum atomic E-state index is -0.448. The van der Waals surface area contributed by atoms with Crippen LogP contribution in [-0.2, 0) is 0 Å². The van der Waals surface area contributed by atoms with Gasteiger partial charge in [0, 0.05) is 20.6 Å². The molecule has 5 nitrogen and oxygen atoms in total. The van der Waals surface area contributed by atoms with Gasteiger partial charge in [0.15, 0.2) is 10.9 Å². The number of rotatable bonds is 4. The van der Waals surface area contributed by atoms with Gasteiger partial charge in [0.1, 0.15) is 10.8 Å². The third-order valence-electron chi connectivity index (χ3n) is 4.94. The van der Waals surface area contributed by atoms with E-state index < -0.39 is 5.91 Å². The number of amides is 1. The summed E-state index contributed by atoms with van der Waals surface area (Å²) in [5.74, 6) is 0.263. The SMILES string of the molecule is O=C(NC(=S)Nc1ccc(Br)cc1-c1nc2ccccc2s1)c1ccc(-c2ccc(Cl)cc2)o1. The number of furan rings is 1. The molecule has 0 aliphatic heterocycles. The molecule has 2 aromatic heterocycles. The number of nitrogens with one attached hydrogen (secondary N) is 2. The van der Waals surface area contributed by atoms with Crippen molar-refractivity contribution >= 4 is 78.0 Å². The number of hydrogen-bond donors (Lipinski definition) is 2. The molecular weight excluding hydrogens is 554 g/mol. The van der Waals surface area contributed by atoms with Gasteiger partial charge in [-0.15, -0.1) is 11.3 Å². The Morgan fingerprint density at radius 2 is 1.82 bits per heavy atom. The number of halogens is 2. The van der Waals surface area contributed by atoms with E-state index in [1.807, 2.05) is 54.6 Å². The number of nitrogens with zero attached hydrogens (tertiary/aromatic N) is 1. The summed E-state index contributed by atoms with van der Waals surface area (Å²) in [7, 11) is 0. The van der Waals surface area contributed by atoms with Gasteiger partial charge in [0.05, 0.1) is 15.9 Å². The fraction of sp³-hybridized carbons (Fsp3) is 0. The Morgan fingerprint density at radius 1 is 1.03 bits per heavy atom. The Labute approximate surface area is 217 Å². The lowest BCUT2D eigenvalue weighted by atomic mass is 10.2. The first-order chi connectivity index (χ1) is 16.5. The van der Waals surface area contributed by atoms with Crippen LogP contribution in [-0.4, -0.2) is 16.0 Å². The first-order valence-corrected chi connectivity index (χ1v) is 12.5. The molecule has 2 heterocycles. The summed E-state index contributed by atoms with van der Waals surface area (Å²) in [6, 6.07) is 24.2. The maximum Gasteiger partial charge on any atom is 0.293 e. The van der Waals surface area contributed by atoms with Crippen molar-refractivity contribution in [3.8, 4) is 21.9 Å². The van der Waals surface area contributed by atoms with E-state index >= 15 is 0 Å². The van der Waals surface area contributed by atoms with Gasteiger partial charge < -0.3 is 9.73 Å². The molecule has 0 unspecified atom stereocenters. The number of anilines is 1. The summed E-state index contributed by atoms with van der Waals surface area (Å²) in [6.07, 6.45) is 0. The number of aromatic nitrogens is 1. The third-order valence-corrected chi connectivity index (χ3v) is 6.96. The first-order valence-electron chi connectivity index (χ1n) is 10.1. The van der Waals surface area contributed by atoms with Crippen LogP contribution >= 0.6 is 51.1 Å². The quantitative estimate of drug-likeness (QED) is 0.217. The molecule has 1 amide bonds. The number of benzene rings is 3. The normalized spacial score (nSPS) is 10.9. The highest BCUT2D eigenvalue weighted by Gasteiger charge is 2.16. The van der Waals surface area contributed by atoms with Crippen LogP contribution in [0.2, 0.25) is 5.02 Å². The summed E-state index contributed by atoms with van der Waals surface area (Å²) in [5, 5.41) is 7.42. The second-order valence-electron chi connectivity index (χ2n) is 7.26. The van der Waals surface area contributed by atoms with Crippen LogP contribution in [0.5, 0.6) is 0 Å². The minimum absolute atomic E-state index is 0.149. The van der Waals surface area contributed by atoms with E-state index in [-0.39, 0.29) is 10.9 Å². The van der Waals surface area contributed by atoms with E-state index in [1.165, 1.54) is 0 Å². The van der Waals surface area contributed by atoms with Crippen LogP contribution in [0.15, 0.2) is 87.8 Å². The molecule has 168 valence electrons. The Bertz CT molecular complexity index is 1500. The monoisotopic (exact) mass is 567 g/mol. The van der Waals surface area contributed by atoms with Crippen LogP contribution in [0.4, 0.5) is 5.69 Å². The molecule has 5 aromatic rings. The number of carbonyl (C=O) groups is 1. The van der Waals surface area contributed by atoms with E-state index in [4.69, 9.17) is 33.2 Å². The molecule has 3 aromatic carbocycles. The van der Waals surface area contributed by atoms with E-state index in [1.54, 1.807) is 35.6 Å². The fourth-order valence-corrected chi connectivity index (χ4v) is 5.02. The number of para-hydroxylation sites is 1. The van der Waals surface area contributed by atoms with E-state index in [9.17, 15) is 4.79 Å². The van der Waals surface area contributed by atoms with Crippen molar-refractivity contribution in [3.63, 3.8) is 0 Å². The van der Waals surface area contributed by atoms with Crippen molar-refractivity contribution in [2.45, 2.75) is 0 Å². The fourth-order valence-electron chi connectivity index (χ4n) is 3.34. The smallest absolute Gasteiger partial charge is 0.293 e. The molecule has 0 aliphatic carbocycles.